The minimum atomic E-state index is -3.44. The van der Waals surface area contributed by atoms with Gasteiger partial charge in [-0.2, -0.15) is 0 Å². The summed E-state index contributed by atoms with van der Waals surface area (Å²) >= 11 is 1.65. The summed E-state index contributed by atoms with van der Waals surface area (Å²) in [6.07, 6.45) is 2.43. The highest BCUT2D eigenvalue weighted by Gasteiger charge is 2.19. The molecule has 1 fully saturated rings. The monoisotopic (exact) mass is 333 g/mol. The fourth-order valence-electron chi connectivity index (χ4n) is 2.48. The van der Waals surface area contributed by atoms with Crippen LogP contribution in [-0.4, -0.2) is 25.8 Å². The van der Waals surface area contributed by atoms with Crippen molar-refractivity contribution in [2.24, 2.45) is 0 Å². The highest BCUT2D eigenvalue weighted by molar-refractivity contribution is 7.97. The Morgan fingerprint density at radius 1 is 0.955 bits per heavy atom. The van der Waals surface area contributed by atoms with E-state index in [1.165, 1.54) is 12.8 Å². The molecule has 1 heterocycles. The number of benzene rings is 2. The van der Waals surface area contributed by atoms with Gasteiger partial charge in [0, 0.05) is 18.0 Å². The zero-order valence-electron chi connectivity index (χ0n) is 12.5. The standard InChI is InChI=1S/C17H19NO2S2/c1-14-7-9-16(10-8-14)22(19,20)17-6-4-5-15(13-17)21-18-11-2-3-12-18/h4-10,13H,2-3,11-12H2,1H3. The molecule has 0 atom stereocenters. The predicted octanol–water partition coefficient (Wildman–Crippen LogP) is 3.93. The smallest absolute Gasteiger partial charge is 0.206 e. The van der Waals surface area contributed by atoms with Gasteiger partial charge in [-0.05, 0) is 62.0 Å². The molecule has 0 radical (unpaired) electrons. The molecule has 0 N–H and O–H groups in total. The highest BCUT2D eigenvalue weighted by Crippen LogP contribution is 2.30. The molecule has 3 rings (SSSR count). The van der Waals surface area contributed by atoms with Gasteiger partial charge in [0.25, 0.3) is 0 Å². The topological polar surface area (TPSA) is 37.4 Å². The highest BCUT2D eigenvalue weighted by atomic mass is 32.2. The van der Waals surface area contributed by atoms with Crippen LogP contribution >= 0.6 is 11.9 Å². The SMILES string of the molecule is Cc1ccc(S(=O)(=O)c2cccc(SN3CCCC3)c2)cc1. The average molecular weight is 333 g/mol. The van der Waals surface area contributed by atoms with E-state index in [4.69, 9.17) is 0 Å². The van der Waals surface area contributed by atoms with Gasteiger partial charge in [0.15, 0.2) is 0 Å². The fraction of sp³-hybridized carbons (Fsp3) is 0.294. The van der Waals surface area contributed by atoms with E-state index in [0.29, 0.717) is 9.79 Å². The van der Waals surface area contributed by atoms with Gasteiger partial charge in [-0.15, -0.1) is 0 Å². The summed E-state index contributed by atoms with van der Waals surface area (Å²) in [5.74, 6) is 0. The van der Waals surface area contributed by atoms with Gasteiger partial charge in [-0.25, -0.2) is 12.7 Å². The molecule has 5 heteroatoms. The maximum absolute atomic E-state index is 12.7. The van der Waals surface area contributed by atoms with Crippen LogP contribution in [0.2, 0.25) is 0 Å². The molecule has 0 saturated carbocycles. The normalized spacial score (nSPS) is 16.0. The molecular formula is C17H19NO2S2. The number of hydrogen-bond donors (Lipinski definition) is 0. The summed E-state index contributed by atoms with van der Waals surface area (Å²) in [4.78, 5) is 1.69. The van der Waals surface area contributed by atoms with E-state index < -0.39 is 9.84 Å². The number of aryl methyl sites for hydroxylation is 1. The number of nitrogens with zero attached hydrogens (tertiary/aromatic N) is 1. The minimum Gasteiger partial charge on any atom is -0.246 e. The summed E-state index contributed by atoms with van der Waals surface area (Å²) < 4.78 is 27.7. The summed E-state index contributed by atoms with van der Waals surface area (Å²) in [5, 5.41) is 0. The van der Waals surface area contributed by atoms with Crippen molar-refractivity contribution in [3.63, 3.8) is 0 Å². The maximum Gasteiger partial charge on any atom is 0.206 e. The Hall–Kier alpha value is -1.30. The van der Waals surface area contributed by atoms with Crippen LogP contribution in [0.3, 0.4) is 0 Å². The summed E-state index contributed by atoms with van der Waals surface area (Å²) in [7, 11) is -3.44. The van der Waals surface area contributed by atoms with Gasteiger partial charge in [0.05, 0.1) is 9.79 Å². The third-order valence-corrected chi connectivity index (χ3v) is 6.60. The molecule has 0 amide bonds. The number of rotatable bonds is 4. The van der Waals surface area contributed by atoms with Crippen molar-refractivity contribution in [2.75, 3.05) is 13.1 Å². The van der Waals surface area contributed by atoms with Crippen molar-refractivity contribution in [1.82, 2.24) is 4.31 Å². The van der Waals surface area contributed by atoms with E-state index >= 15 is 0 Å². The second-order valence-corrected chi connectivity index (χ2v) is 8.64. The van der Waals surface area contributed by atoms with Crippen molar-refractivity contribution < 1.29 is 8.42 Å². The van der Waals surface area contributed by atoms with Gasteiger partial charge >= 0.3 is 0 Å². The molecule has 0 spiro atoms. The van der Waals surface area contributed by atoms with E-state index in [2.05, 4.69) is 4.31 Å². The van der Waals surface area contributed by atoms with E-state index in [0.717, 1.165) is 23.5 Å². The number of hydrogen-bond acceptors (Lipinski definition) is 4. The lowest BCUT2D eigenvalue weighted by Crippen LogP contribution is -2.09. The van der Waals surface area contributed by atoms with E-state index in [9.17, 15) is 8.42 Å². The van der Waals surface area contributed by atoms with Gasteiger partial charge in [0.2, 0.25) is 9.84 Å². The van der Waals surface area contributed by atoms with Gasteiger partial charge in [-0.3, -0.25) is 0 Å². The molecular weight excluding hydrogens is 314 g/mol. The van der Waals surface area contributed by atoms with Crippen molar-refractivity contribution in [2.45, 2.75) is 34.5 Å². The second kappa shape index (κ2) is 6.44. The minimum absolute atomic E-state index is 0.349. The Balaban J connectivity index is 1.88. The van der Waals surface area contributed by atoms with Gasteiger partial charge < -0.3 is 0 Å². The predicted molar refractivity (Wildman–Crippen MR) is 89.7 cm³/mol. The second-order valence-electron chi connectivity index (χ2n) is 5.52. The summed E-state index contributed by atoms with van der Waals surface area (Å²) in [5.41, 5.74) is 1.05. The Kier molecular flexibility index (Phi) is 4.57. The summed E-state index contributed by atoms with van der Waals surface area (Å²) in [6.45, 7) is 4.09. The lowest BCUT2D eigenvalue weighted by atomic mass is 10.2. The maximum atomic E-state index is 12.7. The lowest BCUT2D eigenvalue weighted by Gasteiger charge is -2.14. The van der Waals surface area contributed by atoms with Gasteiger partial charge in [0.1, 0.15) is 0 Å². The fourth-order valence-corrected chi connectivity index (χ4v) is 4.92. The first-order chi connectivity index (χ1) is 10.6. The molecule has 1 saturated heterocycles. The first-order valence-corrected chi connectivity index (χ1v) is 9.66. The zero-order chi connectivity index (χ0) is 15.6. The van der Waals surface area contributed by atoms with Crippen molar-refractivity contribution in [3.8, 4) is 0 Å². The molecule has 1 aliphatic heterocycles. The van der Waals surface area contributed by atoms with Crippen LogP contribution in [0.1, 0.15) is 18.4 Å². The van der Waals surface area contributed by atoms with Crippen LogP contribution in [0.4, 0.5) is 0 Å². The van der Waals surface area contributed by atoms with Crippen LogP contribution in [0.25, 0.3) is 0 Å². The molecule has 0 unspecified atom stereocenters. The molecule has 0 bridgehead atoms. The molecule has 2 aromatic rings. The Morgan fingerprint density at radius 3 is 2.32 bits per heavy atom. The van der Waals surface area contributed by atoms with Crippen LogP contribution in [0, 0.1) is 6.92 Å². The largest absolute Gasteiger partial charge is 0.246 e. The first kappa shape index (κ1) is 15.6. The average Bonchev–Trinajstić information content (AvgIpc) is 3.01. The Morgan fingerprint density at radius 2 is 1.64 bits per heavy atom. The van der Waals surface area contributed by atoms with Crippen molar-refractivity contribution in [3.05, 3.63) is 54.1 Å². The third kappa shape index (κ3) is 3.37. The molecule has 1 aliphatic rings. The van der Waals surface area contributed by atoms with E-state index in [-0.39, 0.29) is 0 Å². The zero-order valence-corrected chi connectivity index (χ0v) is 14.2. The van der Waals surface area contributed by atoms with Gasteiger partial charge in [-0.1, -0.05) is 23.8 Å². The molecule has 0 aromatic heterocycles. The molecule has 22 heavy (non-hydrogen) atoms. The van der Waals surface area contributed by atoms with Crippen molar-refractivity contribution in [1.29, 1.82) is 0 Å². The van der Waals surface area contributed by atoms with Crippen LogP contribution in [0.15, 0.2) is 63.2 Å². The van der Waals surface area contributed by atoms with Crippen molar-refractivity contribution >= 4 is 21.8 Å². The van der Waals surface area contributed by atoms with Crippen LogP contribution in [-0.2, 0) is 9.84 Å². The summed E-state index contributed by atoms with van der Waals surface area (Å²) in [6, 6.07) is 14.2. The third-order valence-electron chi connectivity index (χ3n) is 3.75. The molecule has 2 aromatic carbocycles. The Labute approximate surface area is 136 Å². The Bertz CT molecular complexity index is 748. The molecule has 0 aliphatic carbocycles. The number of sulfone groups is 1. The quantitative estimate of drug-likeness (QED) is 0.795. The molecule has 3 nitrogen and oxygen atoms in total. The molecule has 116 valence electrons. The van der Waals surface area contributed by atoms with Crippen LogP contribution < -0.4 is 0 Å². The van der Waals surface area contributed by atoms with Crippen LogP contribution in [0.5, 0.6) is 0 Å². The first-order valence-electron chi connectivity index (χ1n) is 7.40. The lowest BCUT2D eigenvalue weighted by molar-refractivity contribution is 0.586. The van der Waals surface area contributed by atoms with E-state index in [1.54, 1.807) is 36.2 Å². The van der Waals surface area contributed by atoms with E-state index in [1.807, 2.05) is 31.2 Å².